The average molecular weight is 665 g/mol. The summed E-state index contributed by atoms with van der Waals surface area (Å²) in [5, 5.41) is 4.07. The van der Waals surface area contributed by atoms with E-state index in [9.17, 15) is 19.2 Å². The zero-order valence-electron chi connectivity index (χ0n) is 25.5. The maximum Gasteiger partial charge on any atom is 0.422 e. The number of hydrogen-bond donors (Lipinski definition) is 1. The Kier molecular flexibility index (Phi) is 11.3. The van der Waals surface area contributed by atoms with Gasteiger partial charge in [0.1, 0.15) is 23.7 Å². The molecular weight excluding hydrogens is 633 g/mol. The van der Waals surface area contributed by atoms with E-state index in [2.05, 4.69) is 15.3 Å². The van der Waals surface area contributed by atoms with E-state index >= 15 is 0 Å². The average Bonchev–Trinajstić information content (AvgIpc) is 3.03. The second-order valence-electron chi connectivity index (χ2n) is 9.94. The number of para-hydroxylation sites is 1. The van der Waals surface area contributed by atoms with Gasteiger partial charge in [0.2, 0.25) is 17.7 Å². The number of anilines is 2. The van der Waals surface area contributed by atoms with Crippen molar-refractivity contribution in [3.05, 3.63) is 93.7 Å². The van der Waals surface area contributed by atoms with Crippen LogP contribution in [0.25, 0.3) is 17.0 Å². The monoisotopic (exact) mass is 663 g/mol. The van der Waals surface area contributed by atoms with Crippen molar-refractivity contribution in [3.63, 3.8) is 0 Å². The van der Waals surface area contributed by atoms with Crippen LogP contribution in [-0.2, 0) is 25.7 Å². The molecule has 1 N–H and O–H groups in total. The molecule has 0 fully saturated rings. The fourth-order valence-electron chi connectivity index (χ4n) is 4.31. The van der Waals surface area contributed by atoms with Crippen LogP contribution in [0, 0.1) is 6.92 Å². The van der Waals surface area contributed by atoms with Crippen LogP contribution >= 0.6 is 23.2 Å². The maximum absolute atomic E-state index is 13.0. The molecule has 4 rings (SSSR count). The molecule has 0 saturated heterocycles. The highest BCUT2D eigenvalue weighted by Gasteiger charge is 2.23. The highest BCUT2D eigenvalue weighted by molar-refractivity contribution is 6.38. The SMILES string of the molecule is CCOC(=O)N(C(C)=O)c1ccc(C=CC(=O)NCC(=O)N(C)c2ccc(Cl)c(COc3cccc4ccc(C)nc34)c2Cl)cn1. The Labute approximate surface area is 275 Å². The molecule has 0 atom stereocenters. The third kappa shape index (κ3) is 8.17. The zero-order chi connectivity index (χ0) is 33.4. The van der Waals surface area contributed by atoms with Gasteiger partial charge in [0, 0.05) is 47.9 Å². The summed E-state index contributed by atoms with van der Waals surface area (Å²) >= 11 is 13.2. The van der Waals surface area contributed by atoms with Gasteiger partial charge in [-0.1, -0.05) is 41.4 Å². The number of halogens is 2. The molecule has 0 aliphatic rings. The van der Waals surface area contributed by atoms with E-state index in [1.54, 1.807) is 25.1 Å². The predicted molar refractivity (Wildman–Crippen MR) is 177 cm³/mol. The molecular formula is C33H31Cl2N5O6. The minimum absolute atomic E-state index is 0.0370. The van der Waals surface area contributed by atoms with E-state index in [1.165, 1.54) is 43.3 Å². The van der Waals surface area contributed by atoms with Crippen LogP contribution in [0.4, 0.5) is 16.3 Å². The lowest BCUT2D eigenvalue weighted by Crippen LogP contribution is -2.37. The van der Waals surface area contributed by atoms with E-state index < -0.39 is 23.8 Å². The Bertz CT molecular complexity index is 1810. The number of ether oxygens (including phenoxy) is 2. The van der Waals surface area contributed by atoms with Gasteiger partial charge in [-0.25, -0.2) is 14.8 Å². The summed E-state index contributed by atoms with van der Waals surface area (Å²) in [6.45, 7) is 4.57. The maximum atomic E-state index is 13.0. The fraction of sp³-hybridized carbons (Fsp3) is 0.212. The molecule has 0 radical (unpaired) electrons. The summed E-state index contributed by atoms with van der Waals surface area (Å²) in [5.41, 5.74) is 2.96. The quantitative estimate of drug-likeness (QED) is 0.201. The lowest BCUT2D eigenvalue weighted by atomic mass is 10.1. The molecule has 46 heavy (non-hydrogen) atoms. The van der Waals surface area contributed by atoms with E-state index in [0.29, 0.717) is 33.1 Å². The number of nitrogens with zero attached hydrogens (tertiary/aromatic N) is 4. The van der Waals surface area contributed by atoms with E-state index in [4.69, 9.17) is 32.7 Å². The number of amides is 4. The Balaban J connectivity index is 1.37. The second kappa shape index (κ2) is 15.3. The lowest BCUT2D eigenvalue weighted by molar-refractivity contribution is -0.122. The number of fused-ring (bicyclic) bond motifs is 1. The molecule has 11 nitrogen and oxygen atoms in total. The van der Waals surface area contributed by atoms with Gasteiger partial charge in [-0.05, 0) is 61.9 Å². The number of pyridine rings is 2. The molecule has 0 bridgehead atoms. The minimum atomic E-state index is -0.835. The van der Waals surface area contributed by atoms with Crippen molar-refractivity contribution in [1.82, 2.24) is 15.3 Å². The summed E-state index contributed by atoms with van der Waals surface area (Å²) in [6, 6.07) is 15.8. The summed E-state index contributed by atoms with van der Waals surface area (Å²) < 4.78 is 11.0. The number of nitrogens with one attached hydrogen (secondary N) is 1. The molecule has 13 heteroatoms. The second-order valence-corrected chi connectivity index (χ2v) is 10.7. The van der Waals surface area contributed by atoms with Crippen molar-refractivity contribution in [1.29, 1.82) is 0 Å². The molecule has 0 saturated carbocycles. The smallest absolute Gasteiger partial charge is 0.422 e. The van der Waals surface area contributed by atoms with Crippen LogP contribution in [-0.4, -0.2) is 54.0 Å². The van der Waals surface area contributed by atoms with Gasteiger partial charge < -0.3 is 19.7 Å². The largest absolute Gasteiger partial charge is 0.487 e. The standard InChI is InChI=1S/C33H31Cl2N5O6/c1-5-45-33(44)40(21(3)41)28-15-10-22(17-36-28)11-16-29(42)37-18-30(43)39(4)26-14-13-25(34)24(31(26)35)19-46-27-8-6-7-23-12-9-20(2)38-32(23)27/h6-17H,5,18-19H2,1-4H3,(H,37,42). The minimum Gasteiger partial charge on any atom is -0.487 e. The first kappa shape index (κ1) is 33.9. The molecule has 0 spiro atoms. The lowest BCUT2D eigenvalue weighted by Gasteiger charge is -2.21. The topological polar surface area (TPSA) is 131 Å². The normalized spacial score (nSPS) is 10.9. The third-order valence-electron chi connectivity index (χ3n) is 6.70. The number of benzene rings is 2. The molecule has 0 aliphatic carbocycles. The Morgan fingerprint density at radius 3 is 2.50 bits per heavy atom. The van der Waals surface area contributed by atoms with Crippen molar-refractivity contribution in [2.45, 2.75) is 27.4 Å². The van der Waals surface area contributed by atoms with Gasteiger partial charge in [-0.2, -0.15) is 4.90 Å². The zero-order valence-corrected chi connectivity index (χ0v) is 27.1. The van der Waals surface area contributed by atoms with E-state index in [-0.39, 0.29) is 30.6 Å². The van der Waals surface area contributed by atoms with Crippen molar-refractivity contribution < 1.29 is 28.7 Å². The first-order valence-corrected chi connectivity index (χ1v) is 14.9. The van der Waals surface area contributed by atoms with Gasteiger partial charge >= 0.3 is 6.09 Å². The van der Waals surface area contributed by atoms with Crippen LogP contribution in [0.3, 0.4) is 0 Å². The Morgan fingerprint density at radius 2 is 1.80 bits per heavy atom. The molecule has 0 aliphatic heterocycles. The van der Waals surface area contributed by atoms with Gasteiger partial charge in [0.15, 0.2) is 0 Å². The van der Waals surface area contributed by atoms with E-state index in [0.717, 1.165) is 16.0 Å². The number of rotatable bonds is 10. The van der Waals surface area contributed by atoms with Crippen LogP contribution in [0.2, 0.25) is 10.0 Å². The first-order valence-electron chi connectivity index (χ1n) is 14.1. The summed E-state index contributed by atoms with van der Waals surface area (Å²) in [7, 11) is 1.54. The summed E-state index contributed by atoms with van der Waals surface area (Å²) in [4.78, 5) is 60.1. The van der Waals surface area contributed by atoms with Gasteiger partial charge in [0.25, 0.3) is 0 Å². The number of carbonyl (C=O) groups excluding carboxylic acids is 4. The highest BCUT2D eigenvalue weighted by atomic mass is 35.5. The molecule has 4 amide bonds. The van der Waals surface area contributed by atoms with Crippen LogP contribution in [0.5, 0.6) is 5.75 Å². The van der Waals surface area contributed by atoms with Crippen LogP contribution < -0.4 is 19.9 Å². The van der Waals surface area contributed by atoms with Crippen molar-refractivity contribution in [3.8, 4) is 5.75 Å². The Hall–Kier alpha value is -5.00. The number of carbonyl (C=O) groups is 4. The van der Waals surface area contributed by atoms with Crippen molar-refractivity contribution in [2.75, 3.05) is 30.0 Å². The fourth-order valence-corrected chi connectivity index (χ4v) is 4.91. The molecule has 2 aromatic carbocycles. The van der Waals surface area contributed by atoms with Gasteiger partial charge in [0.05, 0.1) is 23.9 Å². The van der Waals surface area contributed by atoms with Crippen molar-refractivity contribution in [2.24, 2.45) is 0 Å². The third-order valence-corrected chi connectivity index (χ3v) is 7.48. The summed E-state index contributed by atoms with van der Waals surface area (Å²) in [6.07, 6.45) is 3.25. The van der Waals surface area contributed by atoms with Crippen molar-refractivity contribution >= 4 is 75.5 Å². The number of aryl methyl sites for hydroxylation is 1. The molecule has 2 aromatic heterocycles. The van der Waals surface area contributed by atoms with Crippen LogP contribution in [0.15, 0.2) is 66.9 Å². The summed E-state index contributed by atoms with van der Waals surface area (Å²) in [5.74, 6) is -0.863. The van der Waals surface area contributed by atoms with Gasteiger partial charge in [-0.15, -0.1) is 0 Å². The first-order chi connectivity index (χ1) is 22.0. The molecule has 4 aromatic rings. The highest BCUT2D eigenvalue weighted by Crippen LogP contribution is 2.35. The number of likely N-dealkylation sites (N-methyl/N-ethyl adjacent to an activating group) is 1. The van der Waals surface area contributed by atoms with Gasteiger partial charge in [-0.3, -0.25) is 14.4 Å². The molecule has 238 valence electrons. The molecule has 0 unspecified atom stereocenters. The Morgan fingerprint density at radius 1 is 1.02 bits per heavy atom. The number of aromatic nitrogens is 2. The van der Waals surface area contributed by atoms with E-state index in [1.807, 2.05) is 37.3 Å². The number of hydrogen-bond acceptors (Lipinski definition) is 8. The number of imide groups is 1. The predicted octanol–water partition coefficient (Wildman–Crippen LogP) is 6.13. The molecule has 2 heterocycles. The van der Waals surface area contributed by atoms with Crippen LogP contribution in [0.1, 0.15) is 30.7 Å².